The number of nitrogens with zero attached hydrogens (tertiary/aromatic N) is 1. The summed E-state index contributed by atoms with van der Waals surface area (Å²) in [6.45, 7) is 9.78. The maximum Gasteiger partial charge on any atom is 0.245 e. The highest BCUT2D eigenvalue weighted by atomic mass is 35.5. The van der Waals surface area contributed by atoms with Crippen LogP contribution in [0.3, 0.4) is 0 Å². The van der Waals surface area contributed by atoms with Crippen molar-refractivity contribution in [3.63, 3.8) is 0 Å². The van der Waals surface area contributed by atoms with E-state index in [4.69, 9.17) is 5.73 Å². The number of carbonyl (C=O) groups excluding carboxylic acids is 2. The molecule has 8 heteroatoms. The second-order valence-electron chi connectivity index (χ2n) is 6.83. The Morgan fingerprint density at radius 2 is 1.78 bits per heavy atom. The molecule has 27 heavy (non-hydrogen) atoms. The highest BCUT2D eigenvalue weighted by Gasteiger charge is 2.18. The van der Waals surface area contributed by atoms with Crippen molar-refractivity contribution in [2.75, 3.05) is 11.9 Å². The van der Waals surface area contributed by atoms with Gasteiger partial charge in [-0.3, -0.25) is 9.59 Å². The fourth-order valence-electron chi connectivity index (χ4n) is 2.44. The number of carbonyl (C=O) groups is 2. The molecule has 0 bridgehead atoms. The topological polar surface area (TPSA) is 97.1 Å². The van der Waals surface area contributed by atoms with E-state index in [2.05, 4.69) is 41.6 Å². The van der Waals surface area contributed by atoms with Gasteiger partial charge in [0.1, 0.15) is 0 Å². The average Bonchev–Trinajstić information content (AvgIpc) is 3.03. The van der Waals surface area contributed by atoms with E-state index in [1.165, 1.54) is 22.5 Å². The summed E-state index contributed by atoms with van der Waals surface area (Å²) in [6, 6.07) is 3.62. The third kappa shape index (κ3) is 6.02. The van der Waals surface area contributed by atoms with Gasteiger partial charge < -0.3 is 16.4 Å². The number of hydrogen-bond acceptors (Lipinski definition) is 5. The summed E-state index contributed by atoms with van der Waals surface area (Å²) in [4.78, 5) is 28.3. The monoisotopic (exact) mass is 410 g/mol. The number of aryl methyl sites for hydroxylation is 3. The molecule has 0 saturated heterocycles. The van der Waals surface area contributed by atoms with E-state index < -0.39 is 6.04 Å². The van der Waals surface area contributed by atoms with Crippen molar-refractivity contribution in [2.24, 2.45) is 11.7 Å². The van der Waals surface area contributed by atoms with Gasteiger partial charge in [-0.15, -0.1) is 23.7 Å². The minimum Gasteiger partial charge on any atom is -0.346 e. The maximum absolute atomic E-state index is 12.0. The summed E-state index contributed by atoms with van der Waals surface area (Å²) < 4.78 is 0. The van der Waals surface area contributed by atoms with E-state index in [1.54, 1.807) is 0 Å². The van der Waals surface area contributed by atoms with Crippen LogP contribution in [-0.4, -0.2) is 29.4 Å². The van der Waals surface area contributed by atoms with Crippen LogP contribution in [-0.2, 0) is 9.59 Å². The summed E-state index contributed by atoms with van der Waals surface area (Å²) in [5, 5.41) is 7.68. The molecule has 0 unspecified atom stereocenters. The zero-order chi connectivity index (χ0) is 19.4. The molecule has 0 spiro atoms. The number of hydrogen-bond donors (Lipinski definition) is 3. The first-order chi connectivity index (χ1) is 12.2. The second kappa shape index (κ2) is 9.82. The highest BCUT2D eigenvalue weighted by molar-refractivity contribution is 7.14. The molecule has 2 rings (SSSR count). The van der Waals surface area contributed by atoms with Crippen molar-refractivity contribution in [3.05, 3.63) is 34.2 Å². The lowest BCUT2D eigenvalue weighted by Gasteiger charge is -2.14. The number of nitrogens with two attached hydrogens (primary N) is 1. The van der Waals surface area contributed by atoms with E-state index in [9.17, 15) is 9.59 Å². The number of anilines is 1. The molecule has 0 radical (unpaired) electrons. The van der Waals surface area contributed by atoms with Crippen LogP contribution < -0.4 is 16.4 Å². The van der Waals surface area contributed by atoms with Gasteiger partial charge in [-0.25, -0.2) is 4.98 Å². The summed E-state index contributed by atoms with van der Waals surface area (Å²) >= 11 is 1.36. The van der Waals surface area contributed by atoms with E-state index in [1.807, 2.05) is 26.2 Å². The Kier molecular flexibility index (Phi) is 8.40. The van der Waals surface area contributed by atoms with Gasteiger partial charge in [-0.05, 0) is 49.4 Å². The van der Waals surface area contributed by atoms with Crippen molar-refractivity contribution in [3.8, 4) is 11.3 Å². The predicted molar refractivity (Wildman–Crippen MR) is 113 cm³/mol. The summed E-state index contributed by atoms with van der Waals surface area (Å²) in [5.74, 6) is -0.645. The van der Waals surface area contributed by atoms with Crippen LogP contribution in [0.25, 0.3) is 11.3 Å². The van der Waals surface area contributed by atoms with Gasteiger partial charge in [-0.2, -0.15) is 0 Å². The highest BCUT2D eigenvalue weighted by Crippen LogP contribution is 2.29. The minimum absolute atomic E-state index is 0. The molecule has 1 heterocycles. The number of nitrogens with one attached hydrogen (secondary N) is 2. The summed E-state index contributed by atoms with van der Waals surface area (Å²) in [5.41, 5.74) is 11.2. The van der Waals surface area contributed by atoms with E-state index in [0.29, 0.717) is 5.13 Å². The number of rotatable bonds is 6. The number of benzene rings is 1. The standard InChI is InChI=1S/C19H26N4O2S.ClH/c1-10(2)17(20)18(25)21-8-16(24)23-19-22-15(9-26-19)14-7-12(4)11(3)6-13(14)5;/h6-7,9-10,17H,8,20H2,1-5H3,(H,21,25)(H,22,23,24);1H/t17-;/m0./s1. The van der Waals surface area contributed by atoms with Crippen LogP contribution in [0.1, 0.15) is 30.5 Å². The molecule has 0 aliphatic heterocycles. The Labute approximate surface area is 170 Å². The maximum atomic E-state index is 12.0. The molecule has 1 atom stereocenters. The molecule has 6 nitrogen and oxygen atoms in total. The Hall–Kier alpha value is -1.96. The van der Waals surface area contributed by atoms with Gasteiger partial charge in [0.25, 0.3) is 0 Å². The summed E-state index contributed by atoms with van der Waals surface area (Å²) in [6.07, 6.45) is 0. The SMILES string of the molecule is Cc1cc(C)c(-c2csc(NC(=O)CNC(=O)[C@@H](N)C(C)C)n2)cc1C.Cl. The first kappa shape index (κ1) is 23.1. The van der Waals surface area contributed by atoms with E-state index in [0.717, 1.165) is 16.8 Å². The van der Waals surface area contributed by atoms with Crippen LogP contribution in [0.2, 0.25) is 0 Å². The van der Waals surface area contributed by atoms with Gasteiger partial charge in [0, 0.05) is 10.9 Å². The molecule has 2 aromatic rings. The molecule has 0 fully saturated rings. The molecule has 4 N–H and O–H groups in total. The smallest absolute Gasteiger partial charge is 0.245 e. The third-order valence-corrected chi connectivity index (χ3v) is 5.07. The average molecular weight is 411 g/mol. The van der Waals surface area contributed by atoms with Gasteiger partial charge in [0.2, 0.25) is 11.8 Å². The molecule has 1 aromatic heterocycles. The van der Waals surface area contributed by atoms with Crippen molar-refractivity contribution < 1.29 is 9.59 Å². The van der Waals surface area contributed by atoms with Crippen LogP contribution in [0.15, 0.2) is 17.5 Å². The molecule has 0 aliphatic rings. The van der Waals surface area contributed by atoms with Gasteiger partial charge in [0.15, 0.2) is 5.13 Å². The lowest BCUT2D eigenvalue weighted by atomic mass is 9.99. The minimum atomic E-state index is -0.623. The normalized spacial score (nSPS) is 11.7. The Morgan fingerprint density at radius 1 is 1.15 bits per heavy atom. The summed E-state index contributed by atoms with van der Waals surface area (Å²) in [7, 11) is 0. The lowest BCUT2D eigenvalue weighted by molar-refractivity contribution is -0.125. The van der Waals surface area contributed by atoms with Crippen molar-refractivity contribution in [1.82, 2.24) is 10.3 Å². The zero-order valence-electron chi connectivity index (χ0n) is 16.3. The van der Waals surface area contributed by atoms with Gasteiger partial charge in [-0.1, -0.05) is 19.9 Å². The lowest BCUT2D eigenvalue weighted by Crippen LogP contribution is -2.46. The fraction of sp³-hybridized carbons (Fsp3) is 0.421. The zero-order valence-corrected chi connectivity index (χ0v) is 17.9. The Bertz CT molecular complexity index is 820. The fourth-order valence-corrected chi connectivity index (χ4v) is 3.17. The van der Waals surface area contributed by atoms with E-state index in [-0.39, 0.29) is 36.7 Å². The van der Waals surface area contributed by atoms with Crippen LogP contribution in [0, 0.1) is 26.7 Å². The molecular formula is C19H27ClN4O2S. The third-order valence-electron chi connectivity index (χ3n) is 4.31. The number of halogens is 1. The van der Waals surface area contributed by atoms with Gasteiger partial charge in [0.05, 0.1) is 18.3 Å². The first-order valence-corrected chi connectivity index (χ1v) is 9.44. The largest absolute Gasteiger partial charge is 0.346 e. The molecule has 148 valence electrons. The number of aromatic nitrogens is 1. The number of thiazole rings is 1. The van der Waals surface area contributed by atoms with Crippen molar-refractivity contribution >= 4 is 40.7 Å². The molecular weight excluding hydrogens is 384 g/mol. The molecule has 1 aromatic carbocycles. The predicted octanol–water partition coefficient (Wildman–Crippen LogP) is 3.20. The quantitative estimate of drug-likeness (QED) is 0.681. The van der Waals surface area contributed by atoms with Crippen molar-refractivity contribution in [1.29, 1.82) is 0 Å². The molecule has 2 amide bonds. The van der Waals surface area contributed by atoms with E-state index >= 15 is 0 Å². The molecule has 0 saturated carbocycles. The van der Waals surface area contributed by atoms with Crippen LogP contribution in [0.4, 0.5) is 5.13 Å². The van der Waals surface area contributed by atoms with Crippen LogP contribution >= 0.6 is 23.7 Å². The second-order valence-corrected chi connectivity index (χ2v) is 7.68. The Balaban J connectivity index is 0.00000364. The van der Waals surface area contributed by atoms with Crippen LogP contribution in [0.5, 0.6) is 0 Å². The number of amides is 2. The van der Waals surface area contributed by atoms with Gasteiger partial charge >= 0.3 is 0 Å². The van der Waals surface area contributed by atoms with Crippen molar-refractivity contribution in [2.45, 2.75) is 40.7 Å². The first-order valence-electron chi connectivity index (χ1n) is 8.56. The molecule has 0 aliphatic carbocycles. The Morgan fingerprint density at radius 3 is 2.41 bits per heavy atom.